The van der Waals surface area contributed by atoms with Gasteiger partial charge in [-0.1, -0.05) is 0 Å². The zero-order chi connectivity index (χ0) is 5.28. The maximum Gasteiger partial charge on any atom is 0.407 e. The van der Waals surface area contributed by atoms with Gasteiger partial charge in [0.25, 0.3) is 0 Å². The van der Waals surface area contributed by atoms with E-state index in [-0.39, 0.29) is 6.15 Å². The number of hydrogen-bond acceptors (Lipinski definition) is 2. The summed E-state index contributed by atoms with van der Waals surface area (Å²) in [6, 6.07) is 0. The minimum Gasteiger partial charge on any atom is -0.465 e. The van der Waals surface area contributed by atoms with Crippen molar-refractivity contribution in [2.75, 3.05) is 13.1 Å². The molecule has 0 bridgehead atoms. The lowest BCUT2D eigenvalue weighted by Gasteiger charge is -2.27. The summed E-state index contributed by atoms with van der Waals surface area (Å²) in [5.41, 5.74) is 0. The van der Waals surface area contributed by atoms with Crippen LogP contribution in [0.1, 0.15) is 6.42 Å². The third-order valence-corrected chi connectivity index (χ3v) is 1.13. The van der Waals surface area contributed by atoms with Gasteiger partial charge in [-0.05, 0) is 6.42 Å². The SMILES string of the molecule is N.O=C(O)N1CCC1. The Kier molecular flexibility index (Phi) is 2.27. The van der Waals surface area contributed by atoms with Crippen LogP contribution in [0.15, 0.2) is 0 Å². The van der Waals surface area contributed by atoms with Crippen molar-refractivity contribution >= 4 is 6.09 Å². The highest BCUT2D eigenvalue weighted by atomic mass is 16.4. The second-order valence-corrected chi connectivity index (χ2v) is 1.62. The molecular formula is C4H10N2O2. The van der Waals surface area contributed by atoms with E-state index in [0.717, 1.165) is 19.5 Å². The molecule has 1 amide bonds. The predicted octanol–water partition coefficient (Wildman–Crippen LogP) is 0.532. The zero-order valence-corrected chi connectivity index (χ0v) is 4.63. The van der Waals surface area contributed by atoms with Gasteiger partial charge in [0.2, 0.25) is 0 Å². The average molecular weight is 118 g/mol. The number of rotatable bonds is 0. The van der Waals surface area contributed by atoms with Crippen LogP contribution in [0, 0.1) is 0 Å². The Balaban J connectivity index is 0.000000490. The maximum absolute atomic E-state index is 9.91. The summed E-state index contributed by atoms with van der Waals surface area (Å²) in [4.78, 5) is 11.3. The monoisotopic (exact) mass is 118 g/mol. The quantitative estimate of drug-likeness (QED) is 0.487. The van der Waals surface area contributed by atoms with Crippen LogP contribution in [0.3, 0.4) is 0 Å². The highest BCUT2D eigenvalue weighted by molar-refractivity contribution is 5.65. The highest BCUT2D eigenvalue weighted by Crippen LogP contribution is 2.03. The molecule has 0 saturated carbocycles. The van der Waals surface area contributed by atoms with Gasteiger partial charge in [0.1, 0.15) is 0 Å². The third-order valence-electron chi connectivity index (χ3n) is 1.13. The summed E-state index contributed by atoms with van der Waals surface area (Å²) < 4.78 is 0. The molecule has 1 heterocycles. The van der Waals surface area contributed by atoms with E-state index in [0.29, 0.717) is 0 Å². The first-order chi connectivity index (χ1) is 3.30. The Morgan fingerprint density at radius 2 is 2.00 bits per heavy atom. The van der Waals surface area contributed by atoms with Crippen molar-refractivity contribution in [3.63, 3.8) is 0 Å². The number of likely N-dealkylation sites (tertiary alicyclic amines) is 1. The molecule has 0 unspecified atom stereocenters. The van der Waals surface area contributed by atoms with Crippen molar-refractivity contribution in [1.29, 1.82) is 0 Å². The van der Waals surface area contributed by atoms with E-state index in [9.17, 15) is 4.79 Å². The van der Waals surface area contributed by atoms with Crippen LogP contribution < -0.4 is 6.15 Å². The minimum atomic E-state index is -0.786. The van der Waals surface area contributed by atoms with Crippen molar-refractivity contribution in [3.05, 3.63) is 0 Å². The maximum atomic E-state index is 9.91. The summed E-state index contributed by atoms with van der Waals surface area (Å²) in [7, 11) is 0. The van der Waals surface area contributed by atoms with E-state index in [1.807, 2.05) is 0 Å². The van der Waals surface area contributed by atoms with Gasteiger partial charge >= 0.3 is 6.09 Å². The fourth-order valence-electron chi connectivity index (χ4n) is 0.508. The van der Waals surface area contributed by atoms with Crippen molar-refractivity contribution < 1.29 is 9.90 Å². The largest absolute Gasteiger partial charge is 0.465 e. The lowest BCUT2D eigenvalue weighted by atomic mass is 10.2. The second-order valence-electron chi connectivity index (χ2n) is 1.62. The smallest absolute Gasteiger partial charge is 0.407 e. The Morgan fingerprint density at radius 1 is 1.50 bits per heavy atom. The highest BCUT2D eigenvalue weighted by Gasteiger charge is 2.17. The molecule has 0 aromatic rings. The molecule has 1 rings (SSSR count). The van der Waals surface area contributed by atoms with Gasteiger partial charge in [0.15, 0.2) is 0 Å². The fourth-order valence-corrected chi connectivity index (χ4v) is 0.508. The predicted molar refractivity (Wildman–Crippen MR) is 29.2 cm³/mol. The first kappa shape index (κ1) is 7.23. The molecule has 0 aromatic heterocycles. The lowest BCUT2D eigenvalue weighted by molar-refractivity contribution is 0.118. The summed E-state index contributed by atoms with van der Waals surface area (Å²) in [5, 5.41) is 8.16. The average Bonchev–Trinajstić information content (AvgIpc) is 1.23. The second kappa shape index (κ2) is 2.52. The van der Waals surface area contributed by atoms with Gasteiger partial charge in [-0.2, -0.15) is 0 Å². The van der Waals surface area contributed by atoms with Crippen LogP contribution in [0.25, 0.3) is 0 Å². The van der Waals surface area contributed by atoms with Crippen LogP contribution in [0.4, 0.5) is 4.79 Å². The van der Waals surface area contributed by atoms with E-state index >= 15 is 0 Å². The van der Waals surface area contributed by atoms with Gasteiger partial charge < -0.3 is 16.2 Å². The molecule has 0 aliphatic carbocycles. The Bertz CT molecular complexity index is 90.0. The molecule has 4 nitrogen and oxygen atoms in total. The first-order valence-corrected chi connectivity index (χ1v) is 2.28. The molecule has 1 aliphatic heterocycles. The number of carbonyl (C=O) groups is 1. The van der Waals surface area contributed by atoms with Crippen LogP contribution in [0.5, 0.6) is 0 Å². The Hall–Kier alpha value is -0.770. The normalized spacial score (nSPS) is 16.2. The minimum absolute atomic E-state index is 0. The third kappa shape index (κ3) is 1.10. The molecule has 4 heteroatoms. The standard InChI is InChI=1S/C4H7NO2.H3N/c6-4(7)5-2-1-3-5;/h1-3H2,(H,6,7);1H3. The number of amides is 1. The molecule has 0 spiro atoms. The van der Waals surface area contributed by atoms with Gasteiger partial charge in [-0.15, -0.1) is 0 Å². The van der Waals surface area contributed by atoms with E-state index < -0.39 is 6.09 Å². The van der Waals surface area contributed by atoms with E-state index in [4.69, 9.17) is 5.11 Å². The Morgan fingerprint density at radius 3 is 2.00 bits per heavy atom. The molecule has 1 fully saturated rings. The molecule has 0 aromatic carbocycles. The Labute approximate surface area is 47.7 Å². The summed E-state index contributed by atoms with van der Waals surface area (Å²) in [6.45, 7) is 1.46. The van der Waals surface area contributed by atoms with Crippen molar-refractivity contribution in [3.8, 4) is 0 Å². The molecular weight excluding hydrogens is 108 g/mol. The molecule has 1 aliphatic rings. The molecule has 0 atom stereocenters. The lowest BCUT2D eigenvalue weighted by Crippen LogP contribution is -2.40. The van der Waals surface area contributed by atoms with Gasteiger partial charge in [0.05, 0.1) is 0 Å². The van der Waals surface area contributed by atoms with Crippen LogP contribution >= 0.6 is 0 Å². The molecule has 48 valence electrons. The first-order valence-electron chi connectivity index (χ1n) is 2.28. The molecule has 4 N–H and O–H groups in total. The van der Waals surface area contributed by atoms with Crippen molar-refractivity contribution in [2.24, 2.45) is 0 Å². The fraction of sp³-hybridized carbons (Fsp3) is 0.750. The summed E-state index contributed by atoms with van der Waals surface area (Å²) in [6.07, 6.45) is 0.248. The van der Waals surface area contributed by atoms with E-state index in [1.165, 1.54) is 4.90 Å². The zero-order valence-electron chi connectivity index (χ0n) is 4.63. The number of carboxylic acid groups (broad SMARTS) is 1. The van der Waals surface area contributed by atoms with E-state index in [2.05, 4.69) is 0 Å². The van der Waals surface area contributed by atoms with E-state index in [1.54, 1.807) is 0 Å². The summed E-state index contributed by atoms with van der Waals surface area (Å²) >= 11 is 0. The van der Waals surface area contributed by atoms with Gasteiger partial charge in [-0.3, -0.25) is 0 Å². The number of nitrogens with zero attached hydrogens (tertiary/aromatic N) is 1. The van der Waals surface area contributed by atoms with Gasteiger partial charge in [0, 0.05) is 13.1 Å². The van der Waals surface area contributed by atoms with Crippen molar-refractivity contribution in [2.45, 2.75) is 6.42 Å². The molecule has 1 saturated heterocycles. The number of hydrogen-bond donors (Lipinski definition) is 2. The van der Waals surface area contributed by atoms with Crippen LogP contribution in [0.2, 0.25) is 0 Å². The molecule has 0 radical (unpaired) electrons. The van der Waals surface area contributed by atoms with Crippen LogP contribution in [-0.4, -0.2) is 29.2 Å². The molecule has 8 heavy (non-hydrogen) atoms. The van der Waals surface area contributed by atoms with Gasteiger partial charge in [-0.25, -0.2) is 4.79 Å². The summed E-state index contributed by atoms with van der Waals surface area (Å²) in [5.74, 6) is 0. The van der Waals surface area contributed by atoms with Crippen LogP contribution in [-0.2, 0) is 0 Å². The van der Waals surface area contributed by atoms with Crippen molar-refractivity contribution in [1.82, 2.24) is 11.1 Å². The topological polar surface area (TPSA) is 75.5 Å².